The van der Waals surface area contributed by atoms with Crippen LogP contribution < -0.4 is 9.47 Å². The Balaban J connectivity index is 1.37. The summed E-state index contributed by atoms with van der Waals surface area (Å²) in [6, 6.07) is 21.6. The zero-order valence-corrected chi connectivity index (χ0v) is 23.0. The zero-order chi connectivity index (χ0) is 26.9. The summed E-state index contributed by atoms with van der Waals surface area (Å²) in [7, 11) is 4.32. The molecule has 0 bridgehead atoms. The average molecular weight is 514 g/mol. The molecule has 1 aromatic heterocycles. The second kappa shape index (κ2) is 13.4. The number of rotatable bonds is 11. The molecule has 0 saturated carbocycles. The predicted molar refractivity (Wildman–Crippen MR) is 153 cm³/mol. The lowest BCUT2D eigenvalue weighted by atomic mass is 10.0. The van der Waals surface area contributed by atoms with Crippen molar-refractivity contribution < 1.29 is 14.3 Å². The summed E-state index contributed by atoms with van der Waals surface area (Å²) in [6.45, 7) is 7.94. The molecule has 4 rings (SSSR count). The van der Waals surface area contributed by atoms with Gasteiger partial charge in [-0.05, 0) is 94.0 Å². The Kier molecular flexibility index (Phi) is 9.68. The highest BCUT2D eigenvalue weighted by atomic mass is 16.5. The van der Waals surface area contributed by atoms with Crippen molar-refractivity contribution in [2.45, 2.75) is 38.6 Å². The van der Waals surface area contributed by atoms with E-state index in [1.54, 1.807) is 18.2 Å². The number of hydrogen-bond donors (Lipinski definition) is 0. The minimum atomic E-state index is -0.152. The zero-order valence-electron chi connectivity index (χ0n) is 23.0. The number of carbonyl (C=O) groups is 1. The lowest BCUT2D eigenvalue weighted by Crippen LogP contribution is -2.43. The van der Waals surface area contributed by atoms with Gasteiger partial charge in [0, 0.05) is 18.3 Å². The minimum Gasteiger partial charge on any atom is -0.492 e. The third kappa shape index (κ3) is 7.76. The smallest absolute Gasteiger partial charge is 0.230 e. The van der Waals surface area contributed by atoms with Crippen LogP contribution in [-0.4, -0.2) is 66.9 Å². The third-order valence-electron chi connectivity index (χ3n) is 6.97. The van der Waals surface area contributed by atoms with E-state index in [9.17, 15) is 4.79 Å². The number of likely N-dealkylation sites (tertiary alicyclic amines) is 1. The molecule has 38 heavy (non-hydrogen) atoms. The summed E-state index contributed by atoms with van der Waals surface area (Å²) < 4.78 is 12.1. The predicted octanol–water partition coefficient (Wildman–Crippen LogP) is 6.30. The molecule has 0 spiro atoms. The van der Waals surface area contributed by atoms with E-state index >= 15 is 0 Å². The average Bonchev–Trinajstić information content (AvgIpc) is 2.93. The summed E-state index contributed by atoms with van der Waals surface area (Å²) in [5.41, 5.74) is 2.27. The van der Waals surface area contributed by atoms with E-state index in [4.69, 9.17) is 9.47 Å². The van der Waals surface area contributed by atoms with E-state index in [-0.39, 0.29) is 11.7 Å². The monoisotopic (exact) mass is 513 g/mol. The molecule has 0 atom stereocenters. The van der Waals surface area contributed by atoms with Crippen LogP contribution in [0.3, 0.4) is 0 Å². The number of ketones is 1. The molecule has 2 aromatic carbocycles. The number of aromatic nitrogens is 1. The fourth-order valence-corrected chi connectivity index (χ4v) is 4.53. The summed E-state index contributed by atoms with van der Waals surface area (Å²) in [5, 5.41) is 0. The number of benzene rings is 2. The van der Waals surface area contributed by atoms with Gasteiger partial charge in [-0.3, -0.25) is 9.69 Å². The van der Waals surface area contributed by atoms with Gasteiger partial charge in [0.05, 0.1) is 5.56 Å². The quantitative estimate of drug-likeness (QED) is 0.222. The topological polar surface area (TPSA) is 54.9 Å². The molecule has 1 saturated heterocycles. The largest absolute Gasteiger partial charge is 0.492 e. The summed E-state index contributed by atoms with van der Waals surface area (Å²) in [4.78, 5) is 22.5. The van der Waals surface area contributed by atoms with Gasteiger partial charge in [-0.1, -0.05) is 50.3 Å². The van der Waals surface area contributed by atoms with Gasteiger partial charge in [0.2, 0.25) is 5.88 Å². The molecule has 0 unspecified atom stereocenters. The highest BCUT2D eigenvalue weighted by Crippen LogP contribution is 2.28. The maximum Gasteiger partial charge on any atom is 0.230 e. The van der Waals surface area contributed by atoms with Crippen LogP contribution in [0.5, 0.6) is 17.4 Å². The molecule has 0 N–H and O–H groups in total. The first-order chi connectivity index (χ1) is 18.4. The van der Waals surface area contributed by atoms with Gasteiger partial charge in [-0.15, -0.1) is 0 Å². The van der Waals surface area contributed by atoms with Crippen molar-refractivity contribution in [2.75, 3.05) is 40.3 Å². The molecule has 1 aliphatic heterocycles. The number of allylic oxidation sites excluding steroid dienone is 1. The highest BCUT2D eigenvalue weighted by Gasteiger charge is 2.20. The van der Waals surface area contributed by atoms with Crippen molar-refractivity contribution in [3.05, 3.63) is 89.6 Å². The van der Waals surface area contributed by atoms with Crippen LogP contribution in [0.15, 0.2) is 72.8 Å². The van der Waals surface area contributed by atoms with Crippen LogP contribution >= 0.6 is 0 Å². The fraction of sp³-hybridized carbons (Fsp3) is 0.375. The van der Waals surface area contributed by atoms with Crippen LogP contribution in [0.2, 0.25) is 0 Å². The molecule has 1 aliphatic rings. The SMILES string of the molecule is CC(C)c1ccc(C(=O)C=Cc2ccccc2)c(Oc2ccc(OCCN3CCC(N(C)C)CC3)cc2)n1. The first-order valence-electron chi connectivity index (χ1n) is 13.5. The molecule has 2 heterocycles. The molecular weight excluding hydrogens is 474 g/mol. The molecule has 1 fully saturated rings. The Morgan fingerprint density at radius 3 is 2.34 bits per heavy atom. The molecule has 3 aromatic rings. The number of nitrogens with zero attached hydrogens (tertiary/aromatic N) is 3. The number of piperidine rings is 1. The number of hydrogen-bond acceptors (Lipinski definition) is 6. The van der Waals surface area contributed by atoms with Crippen LogP contribution in [-0.2, 0) is 0 Å². The molecule has 0 aliphatic carbocycles. The Labute approximate surface area is 226 Å². The van der Waals surface area contributed by atoms with E-state index in [0.717, 1.165) is 36.6 Å². The number of ether oxygens (including phenoxy) is 2. The highest BCUT2D eigenvalue weighted by molar-refractivity contribution is 6.08. The minimum absolute atomic E-state index is 0.152. The first-order valence-corrected chi connectivity index (χ1v) is 13.5. The van der Waals surface area contributed by atoms with Crippen molar-refractivity contribution in [1.29, 1.82) is 0 Å². The van der Waals surface area contributed by atoms with Crippen molar-refractivity contribution in [1.82, 2.24) is 14.8 Å². The Morgan fingerprint density at radius 2 is 1.68 bits per heavy atom. The van der Waals surface area contributed by atoms with Crippen molar-refractivity contribution in [3.8, 4) is 17.4 Å². The Hall–Kier alpha value is -3.48. The van der Waals surface area contributed by atoms with E-state index in [0.29, 0.717) is 29.8 Å². The van der Waals surface area contributed by atoms with Crippen LogP contribution in [0.4, 0.5) is 0 Å². The van der Waals surface area contributed by atoms with Crippen molar-refractivity contribution >= 4 is 11.9 Å². The Bertz CT molecular complexity index is 1200. The van der Waals surface area contributed by atoms with Crippen LogP contribution in [0, 0.1) is 0 Å². The van der Waals surface area contributed by atoms with Gasteiger partial charge < -0.3 is 14.4 Å². The molecule has 6 nitrogen and oxygen atoms in total. The van der Waals surface area contributed by atoms with Gasteiger partial charge in [-0.25, -0.2) is 4.98 Å². The molecule has 6 heteroatoms. The second-order valence-electron chi connectivity index (χ2n) is 10.3. The van der Waals surface area contributed by atoms with Gasteiger partial charge in [0.15, 0.2) is 5.78 Å². The fourth-order valence-electron chi connectivity index (χ4n) is 4.53. The standard InChI is InChI=1S/C32H39N3O3/c1-24(2)30-16-15-29(31(36)17-10-25-8-6-5-7-9-25)32(33-30)38-28-13-11-27(12-14-28)37-23-22-35-20-18-26(19-21-35)34(3)4/h5-17,24,26H,18-23H2,1-4H3. The number of carbonyl (C=O) groups excluding carboxylic acids is 1. The normalized spacial score (nSPS) is 14.9. The summed E-state index contributed by atoms with van der Waals surface area (Å²) in [6.07, 6.45) is 5.78. The lowest BCUT2D eigenvalue weighted by molar-refractivity contribution is 0.104. The maximum atomic E-state index is 13.0. The molecule has 200 valence electrons. The van der Waals surface area contributed by atoms with Crippen molar-refractivity contribution in [3.63, 3.8) is 0 Å². The van der Waals surface area contributed by atoms with Gasteiger partial charge in [0.25, 0.3) is 0 Å². The second-order valence-corrected chi connectivity index (χ2v) is 10.3. The van der Waals surface area contributed by atoms with Gasteiger partial charge in [0.1, 0.15) is 18.1 Å². The van der Waals surface area contributed by atoms with E-state index < -0.39 is 0 Å². The molecule has 0 amide bonds. The van der Waals surface area contributed by atoms with Crippen LogP contribution in [0.1, 0.15) is 54.2 Å². The first kappa shape index (κ1) is 27.6. The van der Waals surface area contributed by atoms with E-state index in [2.05, 4.69) is 42.7 Å². The van der Waals surface area contributed by atoms with Crippen LogP contribution in [0.25, 0.3) is 6.08 Å². The van der Waals surface area contributed by atoms with E-state index in [1.807, 2.05) is 60.7 Å². The summed E-state index contributed by atoms with van der Waals surface area (Å²) >= 11 is 0. The summed E-state index contributed by atoms with van der Waals surface area (Å²) in [5.74, 6) is 1.78. The Morgan fingerprint density at radius 1 is 1.00 bits per heavy atom. The van der Waals surface area contributed by atoms with Gasteiger partial charge >= 0.3 is 0 Å². The number of pyridine rings is 1. The maximum absolute atomic E-state index is 13.0. The molecular formula is C32H39N3O3. The van der Waals surface area contributed by atoms with Gasteiger partial charge in [-0.2, -0.15) is 0 Å². The lowest BCUT2D eigenvalue weighted by Gasteiger charge is -2.35. The van der Waals surface area contributed by atoms with Crippen molar-refractivity contribution in [2.24, 2.45) is 0 Å². The molecule has 0 radical (unpaired) electrons. The van der Waals surface area contributed by atoms with E-state index in [1.165, 1.54) is 12.8 Å². The third-order valence-corrected chi connectivity index (χ3v) is 6.97.